The van der Waals surface area contributed by atoms with Crippen molar-refractivity contribution in [1.82, 2.24) is 25.5 Å². The van der Waals surface area contributed by atoms with Gasteiger partial charge in [0, 0.05) is 31.7 Å². The third kappa shape index (κ3) is 6.65. The first kappa shape index (κ1) is 27.4. The van der Waals surface area contributed by atoms with E-state index in [0.717, 1.165) is 29.9 Å². The molecule has 204 valence electrons. The van der Waals surface area contributed by atoms with Crippen LogP contribution in [-0.2, 0) is 26.3 Å². The van der Waals surface area contributed by atoms with Crippen LogP contribution in [0.2, 0.25) is 0 Å². The molecule has 2 heterocycles. The summed E-state index contributed by atoms with van der Waals surface area (Å²) < 4.78 is 4.86. The molecule has 4 N–H and O–H groups in total. The van der Waals surface area contributed by atoms with Gasteiger partial charge in [0.05, 0.1) is 29.3 Å². The number of imidazole rings is 1. The lowest BCUT2D eigenvalue weighted by molar-refractivity contribution is -0.141. The standard InChI is InChI=1S/C28H33N7O4/c1-3-39-25(36)18-31-27(38)34-28(2,26(37)35-14-4-5-15-35)20-8-11-22-23(16-20)33-24(32-22)12-13-30-21-9-6-19(17-29)7-10-21/h6-11,16,30H,3-5,12-15,18H2,1-2H3,(H,32,33)(H2,31,34,38). The SMILES string of the molecule is CCOC(=O)CNC(=O)NC(C)(C(=O)N1CCCC1)c1ccc2[nH]c(CCNc3ccc(C#N)cc3)nc2c1. The summed E-state index contributed by atoms with van der Waals surface area (Å²) in [5, 5.41) is 17.5. The lowest BCUT2D eigenvalue weighted by Crippen LogP contribution is -2.57. The van der Waals surface area contributed by atoms with Gasteiger partial charge in [-0.05, 0) is 68.7 Å². The van der Waals surface area contributed by atoms with Gasteiger partial charge in [0.15, 0.2) is 0 Å². The second kappa shape index (κ2) is 12.3. The van der Waals surface area contributed by atoms with Gasteiger partial charge in [-0.25, -0.2) is 9.78 Å². The van der Waals surface area contributed by atoms with Gasteiger partial charge in [0.1, 0.15) is 17.9 Å². The number of urea groups is 1. The van der Waals surface area contributed by atoms with Crippen LogP contribution < -0.4 is 16.0 Å². The fourth-order valence-corrected chi connectivity index (χ4v) is 4.60. The first-order chi connectivity index (χ1) is 18.8. The van der Waals surface area contributed by atoms with Crippen molar-refractivity contribution >= 4 is 34.6 Å². The quantitative estimate of drug-likeness (QED) is 0.294. The van der Waals surface area contributed by atoms with E-state index in [1.807, 2.05) is 24.3 Å². The number of hydrogen-bond acceptors (Lipinski definition) is 7. The lowest BCUT2D eigenvalue weighted by atomic mass is 9.90. The molecule has 1 aliphatic rings. The average molecular weight is 532 g/mol. The summed E-state index contributed by atoms with van der Waals surface area (Å²) in [4.78, 5) is 47.8. The minimum absolute atomic E-state index is 0.213. The van der Waals surface area contributed by atoms with E-state index in [1.165, 1.54) is 0 Å². The molecular weight excluding hydrogens is 498 g/mol. The van der Waals surface area contributed by atoms with Crippen molar-refractivity contribution in [2.75, 3.05) is 38.1 Å². The van der Waals surface area contributed by atoms with E-state index in [4.69, 9.17) is 15.0 Å². The minimum Gasteiger partial charge on any atom is -0.465 e. The number of esters is 1. The molecule has 1 unspecified atom stereocenters. The Labute approximate surface area is 226 Å². The highest BCUT2D eigenvalue weighted by atomic mass is 16.5. The number of carbonyl (C=O) groups excluding carboxylic acids is 3. The smallest absolute Gasteiger partial charge is 0.325 e. The predicted molar refractivity (Wildman–Crippen MR) is 146 cm³/mol. The molecule has 0 bridgehead atoms. The average Bonchev–Trinajstić information content (AvgIpc) is 3.62. The van der Waals surface area contributed by atoms with Gasteiger partial charge >= 0.3 is 12.0 Å². The third-order valence-electron chi connectivity index (χ3n) is 6.70. The monoisotopic (exact) mass is 531 g/mol. The first-order valence-corrected chi connectivity index (χ1v) is 13.1. The van der Waals surface area contributed by atoms with Crippen LogP contribution in [0.4, 0.5) is 10.5 Å². The molecule has 1 aliphatic heterocycles. The molecule has 1 fully saturated rings. The van der Waals surface area contributed by atoms with Crippen molar-refractivity contribution in [3.8, 4) is 6.07 Å². The van der Waals surface area contributed by atoms with E-state index >= 15 is 0 Å². The lowest BCUT2D eigenvalue weighted by Gasteiger charge is -2.33. The summed E-state index contributed by atoms with van der Waals surface area (Å²) in [6.07, 6.45) is 2.45. The molecule has 0 saturated carbocycles. The molecule has 0 aliphatic carbocycles. The number of carbonyl (C=O) groups is 3. The third-order valence-corrected chi connectivity index (χ3v) is 6.70. The molecule has 1 saturated heterocycles. The summed E-state index contributed by atoms with van der Waals surface area (Å²) in [6.45, 7) is 5.16. The number of fused-ring (bicyclic) bond motifs is 1. The van der Waals surface area contributed by atoms with E-state index in [9.17, 15) is 14.4 Å². The summed E-state index contributed by atoms with van der Waals surface area (Å²) in [7, 11) is 0. The van der Waals surface area contributed by atoms with Crippen molar-refractivity contribution in [3.63, 3.8) is 0 Å². The van der Waals surface area contributed by atoms with Gasteiger partial charge in [-0.1, -0.05) is 6.07 Å². The van der Waals surface area contributed by atoms with E-state index in [2.05, 4.69) is 27.0 Å². The second-order valence-electron chi connectivity index (χ2n) is 9.52. The van der Waals surface area contributed by atoms with Gasteiger partial charge in [0.2, 0.25) is 0 Å². The summed E-state index contributed by atoms with van der Waals surface area (Å²) in [6, 6.07) is 14.2. The number of amides is 3. The number of H-pyrrole nitrogens is 1. The number of benzene rings is 2. The molecule has 11 nitrogen and oxygen atoms in total. The Hall–Kier alpha value is -4.59. The Morgan fingerprint density at radius 2 is 1.90 bits per heavy atom. The van der Waals surface area contributed by atoms with E-state index in [1.54, 1.807) is 36.9 Å². The maximum atomic E-state index is 13.6. The Bertz CT molecular complexity index is 1370. The number of anilines is 1. The molecule has 3 amide bonds. The molecular formula is C28H33N7O4. The molecule has 2 aromatic carbocycles. The van der Waals surface area contributed by atoms with E-state index in [-0.39, 0.29) is 19.1 Å². The highest BCUT2D eigenvalue weighted by Crippen LogP contribution is 2.28. The minimum atomic E-state index is -1.37. The molecule has 39 heavy (non-hydrogen) atoms. The summed E-state index contributed by atoms with van der Waals surface area (Å²) in [5.41, 5.74) is 2.23. The maximum absolute atomic E-state index is 13.6. The van der Waals surface area contributed by atoms with Crippen LogP contribution in [0.1, 0.15) is 43.6 Å². The molecule has 11 heteroatoms. The normalized spacial score (nSPS) is 14.3. The van der Waals surface area contributed by atoms with Crippen LogP contribution in [0.15, 0.2) is 42.5 Å². The maximum Gasteiger partial charge on any atom is 0.325 e. The van der Waals surface area contributed by atoms with Crippen LogP contribution >= 0.6 is 0 Å². The fourth-order valence-electron chi connectivity index (χ4n) is 4.60. The number of likely N-dealkylation sites (tertiary alicyclic amines) is 1. The zero-order valence-electron chi connectivity index (χ0n) is 22.2. The number of aromatic nitrogens is 2. The Balaban J connectivity index is 1.50. The number of nitrogens with zero attached hydrogens (tertiary/aromatic N) is 3. The van der Waals surface area contributed by atoms with E-state index < -0.39 is 17.5 Å². The topological polar surface area (TPSA) is 152 Å². The predicted octanol–water partition coefficient (Wildman–Crippen LogP) is 2.79. The van der Waals surface area contributed by atoms with Crippen molar-refractivity contribution in [2.45, 2.75) is 38.6 Å². The molecule has 4 rings (SSSR count). The largest absolute Gasteiger partial charge is 0.465 e. The van der Waals surface area contributed by atoms with Crippen LogP contribution in [0.25, 0.3) is 11.0 Å². The highest BCUT2D eigenvalue weighted by Gasteiger charge is 2.41. The first-order valence-electron chi connectivity index (χ1n) is 13.1. The van der Waals surface area contributed by atoms with Gasteiger partial charge in [-0.15, -0.1) is 0 Å². The van der Waals surface area contributed by atoms with Gasteiger partial charge < -0.3 is 30.6 Å². The molecule has 3 aromatic rings. The Morgan fingerprint density at radius 3 is 2.59 bits per heavy atom. The number of rotatable bonds is 10. The molecule has 1 atom stereocenters. The van der Waals surface area contributed by atoms with E-state index in [0.29, 0.717) is 42.7 Å². The Morgan fingerprint density at radius 1 is 1.15 bits per heavy atom. The van der Waals surface area contributed by atoms with Crippen molar-refractivity contribution < 1.29 is 19.1 Å². The highest BCUT2D eigenvalue weighted by molar-refractivity contribution is 5.93. The number of hydrogen-bond donors (Lipinski definition) is 4. The van der Waals surface area contributed by atoms with Crippen molar-refractivity contribution in [3.05, 3.63) is 59.4 Å². The van der Waals surface area contributed by atoms with Gasteiger partial charge in [-0.3, -0.25) is 9.59 Å². The van der Waals surface area contributed by atoms with Crippen LogP contribution in [0, 0.1) is 11.3 Å². The van der Waals surface area contributed by atoms with Gasteiger partial charge in [-0.2, -0.15) is 5.26 Å². The molecule has 0 radical (unpaired) electrons. The fraction of sp³-hybridized carbons (Fsp3) is 0.393. The molecule has 0 spiro atoms. The van der Waals surface area contributed by atoms with Crippen molar-refractivity contribution in [1.29, 1.82) is 5.26 Å². The second-order valence-corrected chi connectivity index (χ2v) is 9.52. The molecule has 1 aromatic heterocycles. The number of nitriles is 1. The summed E-state index contributed by atoms with van der Waals surface area (Å²) >= 11 is 0. The van der Waals surface area contributed by atoms with Crippen LogP contribution in [0.3, 0.4) is 0 Å². The summed E-state index contributed by atoms with van der Waals surface area (Å²) in [5.74, 6) is 0.00313. The zero-order valence-corrected chi connectivity index (χ0v) is 22.2. The van der Waals surface area contributed by atoms with Crippen LogP contribution in [-0.4, -0.2) is 65.6 Å². The van der Waals surface area contributed by atoms with Gasteiger partial charge in [0.25, 0.3) is 5.91 Å². The Kier molecular flexibility index (Phi) is 8.66. The number of ether oxygens (including phenoxy) is 1. The van der Waals surface area contributed by atoms with Crippen LogP contribution in [0.5, 0.6) is 0 Å². The van der Waals surface area contributed by atoms with Crippen molar-refractivity contribution in [2.24, 2.45) is 0 Å². The number of nitrogens with one attached hydrogen (secondary N) is 4. The number of aromatic amines is 1. The zero-order chi connectivity index (χ0) is 27.8.